The molecule has 0 atom stereocenters. The van der Waals surface area contributed by atoms with Crippen LogP contribution in [0.5, 0.6) is 5.75 Å². The summed E-state index contributed by atoms with van der Waals surface area (Å²) in [5.41, 5.74) is 3.62. The van der Waals surface area contributed by atoms with Gasteiger partial charge in [0.05, 0.1) is 12.8 Å². The molecule has 2 aromatic carbocycles. The highest BCUT2D eigenvalue weighted by Gasteiger charge is 2.42. The van der Waals surface area contributed by atoms with Crippen LogP contribution >= 0.6 is 0 Å². The van der Waals surface area contributed by atoms with Gasteiger partial charge in [0.2, 0.25) is 5.78 Å². The van der Waals surface area contributed by atoms with E-state index in [2.05, 4.69) is 37.9 Å². The number of likely N-dealkylation sites (tertiary alicyclic amines) is 1. The molecule has 1 fully saturated rings. The molecule has 0 radical (unpaired) electrons. The number of benzene rings is 2. The van der Waals surface area contributed by atoms with Crippen LogP contribution in [0.4, 0.5) is 0 Å². The standard InChI is InChI=1S/C27H30N2O3/c1-26(2,3)22-10-8-20(9-11-22)25(30)12-15-29-16-13-27(14-17-29)19-24(28-32-27)21-6-5-7-23(18-21)31-4/h5-11,18H,13-14,16-17,19H2,1-4H3. The van der Waals surface area contributed by atoms with Crippen LogP contribution in [-0.4, -0.2) is 42.2 Å². The summed E-state index contributed by atoms with van der Waals surface area (Å²) in [6.07, 6.45) is 2.43. The first kappa shape index (κ1) is 22.0. The van der Waals surface area contributed by atoms with Gasteiger partial charge in [0, 0.05) is 49.5 Å². The van der Waals surface area contributed by atoms with Crippen LogP contribution in [0.2, 0.25) is 0 Å². The van der Waals surface area contributed by atoms with Gasteiger partial charge in [-0.05, 0) is 29.0 Å². The molecule has 2 aromatic rings. The molecule has 0 aliphatic carbocycles. The molecule has 0 unspecified atom stereocenters. The van der Waals surface area contributed by atoms with Gasteiger partial charge in [0.15, 0.2) is 0 Å². The van der Waals surface area contributed by atoms with Gasteiger partial charge in [-0.3, -0.25) is 4.79 Å². The van der Waals surface area contributed by atoms with Crippen molar-refractivity contribution < 1.29 is 14.4 Å². The van der Waals surface area contributed by atoms with E-state index in [1.165, 1.54) is 5.56 Å². The predicted molar refractivity (Wildman–Crippen MR) is 126 cm³/mol. The number of ketones is 1. The van der Waals surface area contributed by atoms with Crippen molar-refractivity contribution in [3.8, 4) is 17.7 Å². The molecular weight excluding hydrogens is 400 g/mol. The Hall–Kier alpha value is -3.26. The molecule has 5 heteroatoms. The quantitative estimate of drug-likeness (QED) is 0.519. The highest BCUT2D eigenvalue weighted by molar-refractivity contribution is 6.09. The molecule has 166 valence electrons. The van der Waals surface area contributed by atoms with Crippen LogP contribution in [0.3, 0.4) is 0 Å². The molecule has 1 spiro atoms. The number of rotatable bonds is 3. The summed E-state index contributed by atoms with van der Waals surface area (Å²) in [7, 11) is 1.66. The lowest BCUT2D eigenvalue weighted by molar-refractivity contribution is -0.0537. The van der Waals surface area contributed by atoms with Gasteiger partial charge in [-0.2, -0.15) is 0 Å². The second kappa shape index (κ2) is 8.70. The maximum atomic E-state index is 12.5. The number of piperidine rings is 1. The lowest BCUT2D eigenvalue weighted by Gasteiger charge is -2.35. The Morgan fingerprint density at radius 3 is 2.50 bits per heavy atom. The number of oxime groups is 1. The van der Waals surface area contributed by atoms with Gasteiger partial charge in [-0.15, -0.1) is 0 Å². The molecule has 2 aliphatic rings. The number of nitrogens with zero attached hydrogens (tertiary/aromatic N) is 2. The first-order valence-electron chi connectivity index (χ1n) is 11.1. The van der Waals surface area contributed by atoms with E-state index in [-0.39, 0.29) is 16.8 Å². The molecule has 0 N–H and O–H groups in total. The van der Waals surface area contributed by atoms with Gasteiger partial charge in [0.25, 0.3) is 0 Å². The van der Waals surface area contributed by atoms with Crippen molar-refractivity contribution in [2.24, 2.45) is 5.16 Å². The molecule has 2 aliphatic heterocycles. The summed E-state index contributed by atoms with van der Waals surface area (Å²) in [6.45, 7) is 7.98. The van der Waals surface area contributed by atoms with Crippen molar-refractivity contribution in [3.05, 3.63) is 65.2 Å². The monoisotopic (exact) mass is 430 g/mol. The molecule has 0 aromatic heterocycles. The normalized spacial score (nSPS) is 17.2. The summed E-state index contributed by atoms with van der Waals surface area (Å²) >= 11 is 0. The van der Waals surface area contributed by atoms with Crippen molar-refractivity contribution in [1.82, 2.24) is 4.90 Å². The van der Waals surface area contributed by atoms with E-state index in [4.69, 9.17) is 9.57 Å². The Kier molecular flexibility index (Phi) is 5.97. The number of hydrogen-bond acceptors (Lipinski definition) is 5. The largest absolute Gasteiger partial charge is 0.497 e. The molecule has 2 heterocycles. The molecule has 1 saturated heterocycles. The minimum Gasteiger partial charge on any atom is -0.497 e. The third-order valence-electron chi connectivity index (χ3n) is 6.26. The van der Waals surface area contributed by atoms with E-state index in [1.54, 1.807) is 7.11 Å². The minimum atomic E-state index is -0.274. The molecule has 0 saturated carbocycles. The Bertz CT molecular complexity index is 1080. The van der Waals surface area contributed by atoms with E-state index >= 15 is 0 Å². The molecule has 4 rings (SSSR count). The third-order valence-corrected chi connectivity index (χ3v) is 6.26. The van der Waals surface area contributed by atoms with Crippen LogP contribution in [0.15, 0.2) is 53.7 Å². The van der Waals surface area contributed by atoms with Crippen LogP contribution in [0.25, 0.3) is 0 Å². The van der Waals surface area contributed by atoms with Crippen molar-refractivity contribution in [2.45, 2.75) is 51.0 Å². The van der Waals surface area contributed by atoms with Gasteiger partial charge in [-0.25, -0.2) is 0 Å². The van der Waals surface area contributed by atoms with Crippen molar-refractivity contribution in [3.63, 3.8) is 0 Å². The second-order valence-corrected chi connectivity index (χ2v) is 9.60. The maximum absolute atomic E-state index is 12.5. The fourth-order valence-corrected chi connectivity index (χ4v) is 4.10. The zero-order valence-electron chi connectivity index (χ0n) is 19.3. The zero-order chi connectivity index (χ0) is 22.8. The number of Topliss-reactive ketones (excluding diaryl/α,β-unsaturated/α-hetero) is 1. The van der Waals surface area contributed by atoms with Gasteiger partial charge in [0.1, 0.15) is 11.4 Å². The van der Waals surface area contributed by atoms with E-state index in [9.17, 15) is 4.79 Å². The molecule has 5 nitrogen and oxygen atoms in total. The summed E-state index contributed by atoms with van der Waals surface area (Å²) in [4.78, 5) is 20.4. The van der Waals surface area contributed by atoms with Gasteiger partial charge in [-0.1, -0.05) is 62.3 Å². The maximum Gasteiger partial charge on any atom is 0.237 e. The lowest BCUT2D eigenvalue weighted by atomic mass is 9.85. The Morgan fingerprint density at radius 1 is 1.12 bits per heavy atom. The molecule has 0 amide bonds. The SMILES string of the molecule is COc1cccc(C2=NOC3(CCN(C#CC(=O)c4ccc(C(C)(C)C)cc4)CC3)C2)c1. The number of hydrogen-bond donors (Lipinski definition) is 0. The van der Waals surface area contributed by atoms with Crippen molar-refractivity contribution >= 4 is 11.5 Å². The fourth-order valence-electron chi connectivity index (χ4n) is 4.10. The van der Waals surface area contributed by atoms with Crippen LogP contribution in [0.1, 0.15) is 61.5 Å². The summed E-state index contributed by atoms with van der Waals surface area (Å²) in [5.74, 6) is 3.47. The number of methoxy groups -OCH3 is 1. The average Bonchev–Trinajstić information content (AvgIpc) is 3.22. The summed E-state index contributed by atoms with van der Waals surface area (Å²) in [5, 5.41) is 4.37. The lowest BCUT2D eigenvalue weighted by Crippen LogP contribution is -2.42. The van der Waals surface area contributed by atoms with Gasteiger partial charge < -0.3 is 14.5 Å². The summed E-state index contributed by atoms with van der Waals surface area (Å²) < 4.78 is 5.32. The van der Waals surface area contributed by atoms with Crippen LogP contribution < -0.4 is 4.74 Å². The number of carbonyl (C=O) groups excluding carboxylic acids is 1. The van der Waals surface area contributed by atoms with Gasteiger partial charge >= 0.3 is 0 Å². The first-order chi connectivity index (χ1) is 15.3. The summed E-state index contributed by atoms with van der Waals surface area (Å²) in [6, 6.07) is 18.7. The fraction of sp³-hybridized carbons (Fsp3) is 0.407. The van der Waals surface area contributed by atoms with Crippen LogP contribution in [0, 0.1) is 12.0 Å². The number of carbonyl (C=O) groups is 1. The van der Waals surface area contributed by atoms with Crippen molar-refractivity contribution in [1.29, 1.82) is 0 Å². The number of ether oxygens (including phenoxy) is 1. The van der Waals surface area contributed by atoms with Crippen molar-refractivity contribution in [2.75, 3.05) is 20.2 Å². The zero-order valence-corrected chi connectivity index (χ0v) is 19.3. The third kappa shape index (κ3) is 4.80. The average molecular weight is 431 g/mol. The molecule has 32 heavy (non-hydrogen) atoms. The van der Waals surface area contributed by atoms with E-state index in [0.29, 0.717) is 5.56 Å². The van der Waals surface area contributed by atoms with E-state index < -0.39 is 0 Å². The van der Waals surface area contributed by atoms with E-state index in [0.717, 1.165) is 49.4 Å². The topological polar surface area (TPSA) is 51.1 Å². The second-order valence-electron chi connectivity index (χ2n) is 9.60. The smallest absolute Gasteiger partial charge is 0.237 e. The Morgan fingerprint density at radius 2 is 1.84 bits per heavy atom. The minimum absolute atomic E-state index is 0.0650. The predicted octanol–water partition coefficient (Wildman–Crippen LogP) is 4.80. The first-order valence-corrected chi connectivity index (χ1v) is 11.1. The van der Waals surface area contributed by atoms with Crippen LogP contribution in [-0.2, 0) is 10.3 Å². The highest BCUT2D eigenvalue weighted by Crippen LogP contribution is 2.36. The molecular formula is C27H30N2O3. The Balaban J connectivity index is 1.33. The Labute approximate surface area is 190 Å². The highest BCUT2D eigenvalue weighted by atomic mass is 16.7. The molecule has 0 bridgehead atoms. The van der Waals surface area contributed by atoms with E-state index in [1.807, 2.05) is 53.4 Å².